The van der Waals surface area contributed by atoms with Gasteiger partial charge in [0.15, 0.2) is 0 Å². The lowest BCUT2D eigenvalue weighted by atomic mass is 9.97. The Hall–Kier alpha value is -3.26. The van der Waals surface area contributed by atoms with E-state index >= 15 is 0 Å². The van der Waals surface area contributed by atoms with Gasteiger partial charge in [0.2, 0.25) is 0 Å². The number of benzene rings is 3. The Morgan fingerprint density at radius 2 is 1.64 bits per heavy atom. The highest BCUT2D eigenvalue weighted by Crippen LogP contribution is 2.37. The zero-order chi connectivity index (χ0) is 26.3. The van der Waals surface area contributed by atoms with E-state index in [1.54, 1.807) is 19.1 Å². The molecule has 1 heterocycles. The number of halogens is 3. The molecule has 0 aliphatic carbocycles. The summed E-state index contributed by atoms with van der Waals surface area (Å²) in [4.78, 5) is 29.9. The van der Waals surface area contributed by atoms with Crippen molar-refractivity contribution in [2.45, 2.75) is 50.9 Å². The molecule has 3 aromatic rings. The van der Waals surface area contributed by atoms with Gasteiger partial charge in [0.05, 0.1) is 11.1 Å². The van der Waals surface area contributed by atoms with Gasteiger partial charge in [-0.25, -0.2) is 0 Å². The van der Waals surface area contributed by atoms with E-state index in [4.69, 9.17) is 0 Å². The number of anilines is 1. The van der Waals surface area contributed by atoms with Crippen LogP contribution in [0, 0.1) is 20.8 Å². The van der Waals surface area contributed by atoms with Gasteiger partial charge in [-0.2, -0.15) is 13.2 Å². The number of aryl methyl sites for hydroxylation is 3. The monoisotopic (exact) mass is 512 g/mol. The van der Waals surface area contributed by atoms with Crippen LogP contribution in [-0.2, 0) is 17.5 Å². The van der Waals surface area contributed by atoms with Gasteiger partial charge in [0.25, 0.3) is 11.8 Å². The molecule has 0 saturated carbocycles. The van der Waals surface area contributed by atoms with Crippen molar-refractivity contribution in [1.82, 2.24) is 4.90 Å². The molecule has 0 bridgehead atoms. The van der Waals surface area contributed by atoms with E-state index in [0.29, 0.717) is 16.8 Å². The molecule has 1 unspecified atom stereocenters. The highest BCUT2D eigenvalue weighted by atomic mass is 32.2. The van der Waals surface area contributed by atoms with Gasteiger partial charge < -0.3 is 10.2 Å². The number of hydrogen-bond donors (Lipinski definition) is 1. The van der Waals surface area contributed by atoms with Gasteiger partial charge >= 0.3 is 6.18 Å². The van der Waals surface area contributed by atoms with E-state index in [-0.39, 0.29) is 24.1 Å². The third-order valence-corrected chi connectivity index (χ3v) is 7.87. The van der Waals surface area contributed by atoms with E-state index in [1.165, 1.54) is 28.8 Å². The first kappa shape index (κ1) is 25.8. The zero-order valence-electron chi connectivity index (χ0n) is 20.5. The molecule has 1 aliphatic heterocycles. The van der Waals surface area contributed by atoms with Crippen molar-refractivity contribution >= 4 is 29.3 Å². The first-order chi connectivity index (χ1) is 16.9. The molecule has 188 valence electrons. The van der Waals surface area contributed by atoms with Crippen LogP contribution in [0.25, 0.3) is 0 Å². The van der Waals surface area contributed by atoms with Gasteiger partial charge in [0, 0.05) is 22.9 Å². The molecule has 0 spiro atoms. The minimum Gasteiger partial charge on any atom is -0.324 e. The highest BCUT2D eigenvalue weighted by Gasteiger charge is 2.45. The average Bonchev–Trinajstić information content (AvgIpc) is 2.92. The number of carbonyl (C=O) groups excluding carboxylic acids is 2. The molecule has 4 nitrogen and oxygen atoms in total. The number of fused-ring (bicyclic) bond motifs is 1. The molecule has 0 aromatic heterocycles. The summed E-state index contributed by atoms with van der Waals surface area (Å²) in [6, 6.07) is 15.8. The quantitative estimate of drug-likeness (QED) is 0.419. The zero-order valence-corrected chi connectivity index (χ0v) is 21.3. The van der Waals surface area contributed by atoms with E-state index < -0.39 is 17.3 Å². The number of amides is 2. The molecule has 3 aromatic carbocycles. The van der Waals surface area contributed by atoms with Crippen molar-refractivity contribution < 1.29 is 22.8 Å². The summed E-state index contributed by atoms with van der Waals surface area (Å²) in [5, 5.41) is 3.04. The van der Waals surface area contributed by atoms with Crippen LogP contribution in [0.3, 0.4) is 0 Å². The van der Waals surface area contributed by atoms with Crippen molar-refractivity contribution in [1.29, 1.82) is 0 Å². The molecule has 1 N–H and O–H groups in total. The van der Waals surface area contributed by atoms with Crippen LogP contribution in [0.4, 0.5) is 18.9 Å². The molecular weight excluding hydrogens is 485 g/mol. The average molecular weight is 513 g/mol. The Morgan fingerprint density at radius 1 is 1.03 bits per heavy atom. The maximum Gasteiger partial charge on any atom is 0.416 e. The van der Waals surface area contributed by atoms with Gasteiger partial charge in [-0.15, -0.1) is 11.8 Å². The Balaban J connectivity index is 1.73. The fourth-order valence-electron chi connectivity index (χ4n) is 4.48. The SMILES string of the molecule is Cc1cc(C)c(NC(=O)C2(C)CSc3ccccc3C(=O)N2Cc2ccc(C(F)(F)F)cc2)c(C)c1. The second-order valence-electron chi connectivity index (χ2n) is 9.37. The number of rotatable bonds is 4. The predicted octanol–water partition coefficient (Wildman–Crippen LogP) is 6.78. The fraction of sp³-hybridized carbons (Fsp3) is 0.286. The molecular formula is C28H27F3N2O2S. The van der Waals surface area contributed by atoms with Crippen molar-refractivity contribution in [3.05, 3.63) is 94.0 Å². The standard InChI is InChI=1S/C28H27F3N2O2S/c1-17-13-18(2)24(19(3)14-17)32-26(35)27(4)16-36-23-8-6-5-7-22(23)25(34)33(27)15-20-9-11-21(12-10-20)28(29,30)31/h5-14H,15-16H2,1-4H3,(H,32,35). The van der Waals surface area contributed by atoms with Crippen molar-refractivity contribution in [3.63, 3.8) is 0 Å². The summed E-state index contributed by atoms with van der Waals surface area (Å²) in [5.74, 6) is -0.407. The maximum atomic E-state index is 13.8. The number of thioether (sulfide) groups is 1. The van der Waals surface area contributed by atoms with E-state index in [0.717, 1.165) is 33.7 Å². The van der Waals surface area contributed by atoms with Crippen LogP contribution < -0.4 is 5.32 Å². The smallest absolute Gasteiger partial charge is 0.324 e. The summed E-state index contributed by atoms with van der Waals surface area (Å²) in [6.45, 7) is 7.52. The van der Waals surface area contributed by atoms with E-state index in [9.17, 15) is 22.8 Å². The molecule has 0 fully saturated rings. The number of nitrogens with zero attached hydrogens (tertiary/aromatic N) is 1. The van der Waals surface area contributed by atoms with Gasteiger partial charge in [-0.1, -0.05) is 42.0 Å². The van der Waals surface area contributed by atoms with Crippen LogP contribution in [0.5, 0.6) is 0 Å². The van der Waals surface area contributed by atoms with Crippen LogP contribution in [0.2, 0.25) is 0 Å². The summed E-state index contributed by atoms with van der Waals surface area (Å²) in [5.41, 5.74) is 2.53. The van der Waals surface area contributed by atoms with Crippen LogP contribution in [0.1, 0.15) is 45.1 Å². The van der Waals surface area contributed by atoms with Crippen molar-refractivity contribution in [3.8, 4) is 0 Å². The fourth-order valence-corrected chi connectivity index (χ4v) is 5.69. The highest BCUT2D eigenvalue weighted by molar-refractivity contribution is 7.99. The molecule has 36 heavy (non-hydrogen) atoms. The van der Waals surface area contributed by atoms with Crippen LogP contribution in [0.15, 0.2) is 65.6 Å². The van der Waals surface area contributed by atoms with Crippen molar-refractivity contribution in [2.75, 3.05) is 11.1 Å². The van der Waals surface area contributed by atoms with E-state index in [1.807, 2.05) is 45.0 Å². The largest absolute Gasteiger partial charge is 0.416 e. The molecule has 1 atom stereocenters. The number of nitrogens with one attached hydrogen (secondary N) is 1. The minimum absolute atomic E-state index is 0.0123. The number of hydrogen-bond acceptors (Lipinski definition) is 3. The second-order valence-corrected chi connectivity index (χ2v) is 10.4. The minimum atomic E-state index is -4.45. The second kappa shape index (κ2) is 9.65. The lowest BCUT2D eigenvalue weighted by Crippen LogP contribution is -2.57. The first-order valence-electron chi connectivity index (χ1n) is 11.5. The Kier molecular flexibility index (Phi) is 6.92. The molecule has 2 amide bonds. The van der Waals surface area contributed by atoms with E-state index in [2.05, 4.69) is 5.32 Å². The number of alkyl halides is 3. The number of carbonyl (C=O) groups is 2. The molecule has 8 heteroatoms. The first-order valence-corrected chi connectivity index (χ1v) is 12.5. The van der Waals surface area contributed by atoms with Gasteiger partial charge in [-0.05, 0) is 68.7 Å². The maximum absolute atomic E-state index is 13.8. The topological polar surface area (TPSA) is 49.4 Å². The Morgan fingerprint density at radius 3 is 2.25 bits per heavy atom. The Labute approximate surface area is 212 Å². The molecule has 1 aliphatic rings. The predicted molar refractivity (Wildman–Crippen MR) is 136 cm³/mol. The van der Waals surface area contributed by atoms with Crippen LogP contribution >= 0.6 is 11.8 Å². The third-order valence-electron chi connectivity index (χ3n) is 6.49. The Bertz CT molecular complexity index is 1300. The lowest BCUT2D eigenvalue weighted by Gasteiger charge is -2.39. The normalized spacial score (nSPS) is 18.0. The van der Waals surface area contributed by atoms with Gasteiger partial charge in [0.1, 0.15) is 5.54 Å². The van der Waals surface area contributed by atoms with Crippen molar-refractivity contribution in [2.24, 2.45) is 0 Å². The van der Waals surface area contributed by atoms with Gasteiger partial charge in [-0.3, -0.25) is 9.59 Å². The molecule has 4 rings (SSSR count). The summed E-state index contributed by atoms with van der Waals surface area (Å²) in [7, 11) is 0. The molecule has 0 radical (unpaired) electrons. The summed E-state index contributed by atoms with van der Waals surface area (Å²) < 4.78 is 39.2. The third kappa shape index (κ3) is 5.00. The molecule has 0 saturated heterocycles. The summed E-state index contributed by atoms with van der Waals surface area (Å²) in [6.07, 6.45) is -4.45. The van der Waals surface area contributed by atoms with Crippen LogP contribution in [-0.4, -0.2) is 28.0 Å². The lowest BCUT2D eigenvalue weighted by molar-refractivity contribution is -0.137. The summed E-state index contributed by atoms with van der Waals surface area (Å²) >= 11 is 1.42.